The molecule has 1 rings (SSSR count). The van der Waals surface area contributed by atoms with Crippen LogP contribution in [0, 0.1) is 0 Å². The van der Waals surface area contributed by atoms with E-state index < -0.39 is 6.17 Å². The van der Waals surface area contributed by atoms with Gasteiger partial charge in [-0.1, -0.05) is 0 Å². The molecular formula is C4H9ClFN. The Morgan fingerprint density at radius 2 is 2.14 bits per heavy atom. The average molecular weight is 126 g/mol. The molecule has 44 valence electrons. The Morgan fingerprint density at radius 1 is 1.71 bits per heavy atom. The molecule has 1 nitrogen and oxygen atoms in total. The Morgan fingerprint density at radius 3 is 2.14 bits per heavy atom. The molecule has 0 aromatic rings. The summed E-state index contributed by atoms with van der Waals surface area (Å²) in [6.45, 7) is 0. The third-order valence-corrected chi connectivity index (χ3v) is 1.08. The first-order valence-corrected chi connectivity index (χ1v) is 2.16. The van der Waals surface area contributed by atoms with Crippen molar-refractivity contribution in [2.45, 2.75) is 18.6 Å². The Hall–Kier alpha value is 0.180. The summed E-state index contributed by atoms with van der Waals surface area (Å²) in [7, 11) is 1.78. The van der Waals surface area contributed by atoms with E-state index in [2.05, 4.69) is 5.32 Å². The first-order valence-electron chi connectivity index (χ1n) is 2.16. The van der Waals surface area contributed by atoms with Gasteiger partial charge in [0.1, 0.15) is 6.17 Å². The van der Waals surface area contributed by atoms with Crippen LogP contribution in [0.4, 0.5) is 4.39 Å². The second-order valence-electron chi connectivity index (χ2n) is 1.65. The van der Waals surface area contributed by atoms with E-state index in [1.165, 1.54) is 0 Å². The predicted molar refractivity (Wildman–Crippen MR) is 29.6 cm³/mol. The van der Waals surface area contributed by atoms with E-state index in [4.69, 9.17) is 0 Å². The molecule has 1 N–H and O–H groups in total. The fourth-order valence-electron chi connectivity index (χ4n) is 0.463. The zero-order chi connectivity index (χ0) is 4.57. The summed E-state index contributed by atoms with van der Waals surface area (Å²) in [5, 5.41) is 2.81. The molecule has 1 saturated carbocycles. The minimum atomic E-state index is -0.546. The van der Waals surface area contributed by atoms with Crippen LogP contribution in [0.2, 0.25) is 0 Å². The molecule has 0 amide bonds. The maximum atomic E-state index is 11.7. The van der Waals surface area contributed by atoms with Gasteiger partial charge in [-0.25, -0.2) is 4.39 Å². The fourth-order valence-corrected chi connectivity index (χ4v) is 0.463. The summed E-state index contributed by atoms with van der Waals surface area (Å²) in [6, 6.07) is 0.185. The third-order valence-electron chi connectivity index (χ3n) is 1.08. The Bertz CT molecular complexity index is 57.7. The standard InChI is InChI=1S/C4H8FN.ClH/c1-6-4-2-3(4)5;/h3-4,6H,2H2,1H3;1H/t3-,4-;/m0./s1. The van der Waals surface area contributed by atoms with Gasteiger partial charge in [0.05, 0.1) is 0 Å². The van der Waals surface area contributed by atoms with Crippen LogP contribution in [0.5, 0.6) is 0 Å². The summed E-state index contributed by atoms with van der Waals surface area (Å²) in [5.41, 5.74) is 0. The summed E-state index contributed by atoms with van der Waals surface area (Å²) in [6.07, 6.45) is 0.172. The first kappa shape index (κ1) is 7.18. The van der Waals surface area contributed by atoms with Gasteiger partial charge in [0.15, 0.2) is 0 Å². The molecule has 1 aliphatic rings. The van der Waals surface area contributed by atoms with Crippen molar-refractivity contribution in [1.29, 1.82) is 0 Å². The van der Waals surface area contributed by atoms with Crippen LogP contribution in [0.3, 0.4) is 0 Å². The van der Waals surface area contributed by atoms with Crippen LogP contribution in [0.1, 0.15) is 6.42 Å². The fraction of sp³-hybridized carbons (Fsp3) is 1.00. The second-order valence-corrected chi connectivity index (χ2v) is 1.65. The van der Waals surface area contributed by atoms with Gasteiger partial charge in [-0.15, -0.1) is 12.4 Å². The van der Waals surface area contributed by atoms with Gasteiger partial charge in [-0.05, 0) is 13.5 Å². The van der Waals surface area contributed by atoms with Crippen molar-refractivity contribution in [3.63, 3.8) is 0 Å². The average Bonchev–Trinajstić information content (AvgIpc) is 2.19. The highest BCUT2D eigenvalue weighted by atomic mass is 35.5. The Balaban J connectivity index is 0.000000360. The highest BCUT2D eigenvalue weighted by Crippen LogP contribution is 2.23. The zero-order valence-corrected chi connectivity index (χ0v) is 4.96. The Labute approximate surface area is 48.7 Å². The summed E-state index contributed by atoms with van der Waals surface area (Å²) in [4.78, 5) is 0. The van der Waals surface area contributed by atoms with Crippen LogP contribution >= 0.6 is 12.4 Å². The summed E-state index contributed by atoms with van der Waals surface area (Å²) < 4.78 is 11.7. The van der Waals surface area contributed by atoms with Gasteiger partial charge in [-0.3, -0.25) is 0 Å². The first-order chi connectivity index (χ1) is 2.84. The molecule has 3 heteroatoms. The quantitative estimate of drug-likeness (QED) is 0.545. The van der Waals surface area contributed by atoms with Crippen LogP contribution < -0.4 is 5.32 Å². The normalized spacial score (nSPS) is 36.9. The summed E-state index contributed by atoms with van der Waals surface area (Å²) >= 11 is 0. The van der Waals surface area contributed by atoms with E-state index in [1.54, 1.807) is 7.05 Å². The number of hydrogen-bond acceptors (Lipinski definition) is 1. The molecule has 0 heterocycles. The smallest absolute Gasteiger partial charge is 0.117 e. The largest absolute Gasteiger partial charge is 0.314 e. The van der Waals surface area contributed by atoms with E-state index in [-0.39, 0.29) is 18.4 Å². The molecule has 0 aromatic carbocycles. The van der Waals surface area contributed by atoms with Crippen LogP contribution in [0.25, 0.3) is 0 Å². The van der Waals surface area contributed by atoms with Crippen molar-refractivity contribution in [1.82, 2.24) is 5.32 Å². The van der Waals surface area contributed by atoms with Crippen LogP contribution in [-0.4, -0.2) is 19.3 Å². The molecule has 0 saturated heterocycles. The number of hydrogen-bond donors (Lipinski definition) is 1. The van der Waals surface area contributed by atoms with Gasteiger partial charge in [-0.2, -0.15) is 0 Å². The van der Waals surface area contributed by atoms with Gasteiger partial charge < -0.3 is 5.32 Å². The molecule has 7 heavy (non-hydrogen) atoms. The van der Waals surface area contributed by atoms with E-state index in [0.29, 0.717) is 0 Å². The van der Waals surface area contributed by atoms with Crippen molar-refractivity contribution in [3.05, 3.63) is 0 Å². The monoisotopic (exact) mass is 125 g/mol. The lowest BCUT2D eigenvalue weighted by atomic mass is 10.7. The molecule has 0 unspecified atom stereocenters. The minimum absolute atomic E-state index is 0. The molecule has 2 atom stereocenters. The molecule has 0 aliphatic heterocycles. The lowest BCUT2D eigenvalue weighted by molar-refractivity contribution is 0.455. The zero-order valence-electron chi connectivity index (χ0n) is 4.15. The second kappa shape index (κ2) is 2.48. The molecule has 0 radical (unpaired) electrons. The topological polar surface area (TPSA) is 12.0 Å². The molecule has 0 spiro atoms. The number of rotatable bonds is 1. The van der Waals surface area contributed by atoms with Crippen molar-refractivity contribution >= 4 is 12.4 Å². The predicted octanol–water partition coefficient (Wildman–Crippen LogP) is 0.738. The lowest BCUT2D eigenvalue weighted by Crippen LogP contribution is -2.10. The van der Waals surface area contributed by atoms with Crippen molar-refractivity contribution in [2.24, 2.45) is 0 Å². The third kappa shape index (κ3) is 1.61. The number of halogens is 2. The summed E-state index contributed by atoms with van der Waals surface area (Å²) in [5.74, 6) is 0. The van der Waals surface area contributed by atoms with E-state index in [0.717, 1.165) is 6.42 Å². The van der Waals surface area contributed by atoms with Gasteiger partial charge in [0.25, 0.3) is 0 Å². The van der Waals surface area contributed by atoms with E-state index in [9.17, 15) is 4.39 Å². The van der Waals surface area contributed by atoms with Gasteiger partial charge in [0, 0.05) is 6.04 Å². The van der Waals surface area contributed by atoms with Crippen molar-refractivity contribution in [3.8, 4) is 0 Å². The molecule has 0 aromatic heterocycles. The van der Waals surface area contributed by atoms with Gasteiger partial charge >= 0.3 is 0 Å². The Kier molecular flexibility index (Phi) is 2.54. The molecule has 1 fully saturated rings. The minimum Gasteiger partial charge on any atom is -0.314 e. The lowest BCUT2D eigenvalue weighted by Gasteiger charge is -1.82. The SMILES string of the molecule is CN[C@H]1C[C@@H]1F.Cl. The highest BCUT2D eigenvalue weighted by Gasteiger charge is 2.35. The molecule has 1 aliphatic carbocycles. The molecule has 0 bridgehead atoms. The van der Waals surface area contributed by atoms with Crippen molar-refractivity contribution < 1.29 is 4.39 Å². The maximum absolute atomic E-state index is 11.7. The van der Waals surface area contributed by atoms with Crippen LogP contribution in [-0.2, 0) is 0 Å². The number of nitrogens with one attached hydrogen (secondary N) is 1. The molecular weight excluding hydrogens is 117 g/mol. The number of alkyl halides is 1. The van der Waals surface area contributed by atoms with Crippen molar-refractivity contribution in [2.75, 3.05) is 7.05 Å². The van der Waals surface area contributed by atoms with Crippen LogP contribution in [0.15, 0.2) is 0 Å². The highest BCUT2D eigenvalue weighted by molar-refractivity contribution is 5.85. The maximum Gasteiger partial charge on any atom is 0.117 e. The van der Waals surface area contributed by atoms with E-state index in [1.807, 2.05) is 0 Å². The van der Waals surface area contributed by atoms with E-state index >= 15 is 0 Å². The van der Waals surface area contributed by atoms with Gasteiger partial charge in [0.2, 0.25) is 0 Å².